The van der Waals surface area contributed by atoms with E-state index in [2.05, 4.69) is 12.6 Å². The molecule has 1 aliphatic heterocycles. The van der Waals surface area contributed by atoms with E-state index in [0.29, 0.717) is 0 Å². The van der Waals surface area contributed by atoms with Crippen LogP contribution in [0.5, 0.6) is 0 Å². The van der Waals surface area contributed by atoms with Crippen LogP contribution in [0.25, 0.3) is 0 Å². The minimum absolute atomic E-state index is 0. The van der Waals surface area contributed by atoms with E-state index >= 15 is 0 Å². The summed E-state index contributed by atoms with van der Waals surface area (Å²) in [7, 11) is 0. The average Bonchev–Trinajstić information content (AvgIpc) is 1.90. The fraction of sp³-hybridized carbons (Fsp3) is 0.667. The minimum atomic E-state index is 0. The van der Waals surface area contributed by atoms with Crippen LogP contribution in [-0.4, -0.2) is 18.0 Å². The van der Waals surface area contributed by atoms with E-state index in [-0.39, 0.29) is 51.4 Å². The number of hydrogen-bond acceptors (Lipinski definition) is 2. The molecular weight excluding hydrogens is 139 g/mol. The number of piperidine rings is 1. The first-order valence-electron chi connectivity index (χ1n) is 2.90. The van der Waals surface area contributed by atoms with Gasteiger partial charge in [-0.25, -0.2) is 0 Å². The van der Waals surface area contributed by atoms with Crippen molar-refractivity contribution in [3.8, 4) is 6.19 Å². The summed E-state index contributed by atoms with van der Waals surface area (Å²) in [5.41, 5.74) is 0. The van der Waals surface area contributed by atoms with Gasteiger partial charge in [0.15, 0.2) is 6.19 Å². The molecule has 0 bridgehead atoms. The predicted octanol–water partition coefficient (Wildman–Crippen LogP) is -2.23. The molecule has 0 radical (unpaired) electrons. The molecular formula is C6H9KN2. The van der Waals surface area contributed by atoms with E-state index in [1.807, 2.05) is 0 Å². The molecule has 0 aromatic carbocycles. The molecule has 2 nitrogen and oxygen atoms in total. The van der Waals surface area contributed by atoms with Gasteiger partial charge in [0.25, 0.3) is 0 Å². The molecule has 44 valence electrons. The smallest absolute Gasteiger partial charge is 0.325 e. The molecule has 0 amide bonds. The molecule has 1 rings (SSSR count). The van der Waals surface area contributed by atoms with Gasteiger partial charge in [0.1, 0.15) is 0 Å². The number of hydrogen-bond donors (Lipinski definition) is 0. The third kappa shape index (κ3) is 3.59. The maximum absolute atomic E-state index is 8.35. The first-order chi connectivity index (χ1) is 3.93. The first-order valence-corrected chi connectivity index (χ1v) is 2.90. The van der Waals surface area contributed by atoms with Crippen molar-refractivity contribution in [3.05, 3.63) is 6.42 Å². The van der Waals surface area contributed by atoms with Gasteiger partial charge < -0.3 is 11.3 Å². The Hall–Kier alpha value is 0.926. The van der Waals surface area contributed by atoms with Gasteiger partial charge in [0.2, 0.25) is 0 Å². The number of nitrogens with zero attached hydrogens (tertiary/aromatic N) is 2. The Morgan fingerprint density at radius 1 is 1.33 bits per heavy atom. The van der Waals surface area contributed by atoms with E-state index in [1.54, 1.807) is 4.90 Å². The molecule has 1 fully saturated rings. The number of rotatable bonds is 0. The topological polar surface area (TPSA) is 27.0 Å². The van der Waals surface area contributed by atoms with Crippen molar-refractivity contribution in [1.82, 2.24) is 4.90 Å². The zero-order valence-corrected chi connectivity index (χ0v) is 8.92. The molecule has 0 aromatic rings. The van der Waals surface area contributed by atoms with Crippen molar-refractivity contribution in [1.29, 1.82) is 5.26 Å². The van der Waals surface area contributed by atoms with Crippen LogP contribution in [0.1, 0.15) is 12.8 Å². The molecule has 0 spiro atoms. The Kier molecular flexibility index (Phi) is 6.28. The van der Waals surface area contributed by atoms with Crippen molar-refractivity contribution in [3.63, 3.8) is 0 Å². The first kappa shape index (κ1) is 9.93. The molecule has 0 saturated carbocycles. The summed E-state index contributed by atoms with van der Waals surface area (Å²) in [6.07, 6.45) is 6.50. The molecule has 3 heteroatoms. The molecule has 0 N–H and O–H groups in total. The summed E-state index contributed by atoms with van der Waals surface area (Å²) in [4.78, 5) is 1.79. The third-order valence-corrected chi connectivity index (χ3v) is 1.35. The van der Waals surface area contributed by atoms with Crippen LogP contribution in [0, 0.1) is 17.9 Å². The van der Waals surface area contributed by atoms with Gasteiger partial charge in [0, 0.05) is 13.1 Å². The molecule has 0 aromatic heterocycles. The molecule has 9 heavy (non-hydrogen) atoms. The van der Waals surface area contributed by atoms with Crippen LogP contribution in [0.2, 0.25) is 0 Å². The Balaban J connectivity index is 0.000000640. The van der Waals surface area contributed by atoms with Crippen LogP contribution in [-0.2, 0) is 0 Å². The van der Waals surface area contributed by atoms with Crippen molar-refractivity contribution in [2.24, 2.45) is 0 Å². The zero-order chi connectivity index (χ0) is 5.82. The van der Waals surface area contributed by atoms with Gasteiger partial charge in [-0.05, 0) is 0 Å². The normalized spacial score (nSPS) is 17.9. The Labute approximate surface area is 98.6 Å². The second kappa shape index (κ2) is 5.69. The van der Waals surface area contributed by atoms with Gasteiger partial charge in [-0.2, -0.15) is 18.1 Å². The summed E-state index contributed by atoms with van der Waals surface area (Å²) in [6.45, 7) is 1.85. The monoisotopic (exact) mass is 148 g/mol. The second-order valence-electron chi connectivity index (χ2n) is 1.95. The molecule has 0 atom stereocenters. The van der Waals surface area contributed by atoms with Gasteiger partial charge >= 0.3 is 51.4 Å². The second-order valence-corrected chi connectivity index (χ2v) is 1.95. The van der Waals surface area contributed by atoms with E-state index in [9.17, 15) is 0 Å². The molecule has 0 aliphatic carbocycles. The molecule has 0 unspecified atom stereocenters. The largest absolute Gasteiger partial charge is 1.00 e. The van der Waals surface area contributed by atoms with Crippen LogP contribution in [0.3, 0.4) is 0 Å². The SMILES string of the molecule is N#CN1CC[CH-]CC1.[K+]. The summed E-state index contributed by atoms with van der Waals surface area (Å²) in [6, 6.07) is 0. The Morgan fingerprint density at radius 2 is 1.89 bits per heavy atom. The quantitative estimate of drug-likeness (QED) is 0.221. The van der Waals surface area contributed by atoms with Crippen LogP contribution in [0.4, 0.5) is 0 Å². The summed E-state index contributed by atoms with van der Waals surface area (Å²) in [5.74, 6) is 0. The van der Waals surface area contributed by atoms with E-state index in [4.69, 9.17) is 5.26 Å². The third-order valence-electron chi connectivity index (χ3n) is 1.35. The number of likely N-dealkylation sites (tertiary alicyclic amines) is 1. The molecule has 1 saturated heterocycles. The zero-order valence-electron chi connectivity index (χ0n) is 5.80. The Morgan fingerprint density at radius 3 is 2.22 bits per heavy atom. The van der Waals surface area contributed by atoms with Crippen molar-refractivity contribution < 1.29 is 51.4 Å². The van der Waals surface area contributed by atoms with E-state index < -0.39 is 0 Å². The van der Waals surface area contributed by atoms with Crippen LogP contribution >= 0.6 is 0 Å². The van der Waals surface area contributed by atoms with E-state index in [1.165, 1.54) is 0 Å². The van der Waals surface area contributed by atoms with Gasteiger partial charge in [-0.15, -0.1) is 0 Å². The van der Waals surface area contributed by atoms with Crippen molar-refractivity contribution >= 4 is 0 Å². The minimum Gasteiger partial charge on any atom is -0.325 e. The van der Waals surface area contributed by atoms with Gasteiger partial charge in [-0.3, -0.25) is 0 Å². The maximum atomic E-state index is 8.35. The fourth-order valence-corrected chi connectivity index (χ4v) is 0.850. The molecule has 1 aliphatic rings. The Bertz CT molecular complexity index is 102. The van der Waals surface area contributed by atoms with E-state index in [0.717, 1.165) is 25.9 Å². The maximum Gasteiger partial charge on any atom is 1.00 e. The van der Waals surface area contributed by atoms with Crippen molar-refractivity contribution in [2.45, 2.75) is 12.8 Å². The summed E-state index contributed by atoms with van der Waals surface area (Å²) in [5, 5.41) is 8.35. The van der Waals surface area contributed by atoms with Crippen LogP contribution in [0.15, 0.2) is 0 Å². The summed E-state index contributed by atoms with van der Waals surface area (Å²) < 4.78 is 0. The van der Waals surface area contributed by atoms with Gasteiger partial charge in [-0.1, -0.05) is 0 Å². The van der Waals surface area contributed by atoms with Gasteiger partial charge in [0.05, 0.1) is 0 Å². The number of nitriles is 1. The fourth-order valence-electron chi connectivity index (χ4n) is 0.850. The molecule has 1 heterocycles. The average molecular weight is 148 g/mol. The van der Waals surface area contributed by atoms with Crippen LogP contribution < -0.4 is 51.4 Å². The van der Waals surface area contributed by atoms with Crippen molar-refractivity contribution in [2.75, 3.05) is 13.1 Å². The standard InChI is InChI=1S/C6H9N2.K/c7-6-8-4-2-1-3-5-8;/h1H,2-5H2;/q-1;+1. The summed E-state index contributed by atoms with van der Waals surface area (Å²) >= 11 is 0. The predicted molar refractivity (Wildman–Crippen MR) is 30.7 cm³/mol.